The third-order valence-corrected chi connectivity index (χ3v) is 4.79. The van der Waals surface area contributed by atoms with Gasteiger partial charge >= 0.3 is 5.97 Å². The predicted molar refractivity (Wildman–Crippen MR) is 112 cm³/mol. The number of carboxylic acids is 1. The molecule has 1 aliphatic heterocycles. The highest BCUT2D eigenvalue weighted by atomic mass is 16.6. The van der Waals surface area contributed by atoms with E-state index >= 15 is 0 Å². The summed E-state index contributed by atoms with van der Waals surface area (Å²) in [6.07, 6.45) is 0.429. The van der Waals surface area contributed by atoms with Gasteiger partial charge in [0.15, 0.2) is 0 Å². The third-order valence-electron chi connectivity index (χ3n) is 4.79. The minimum atomic E-state index is -0.965. The van der Waals surface area contributed by atoms with Gasteiger partial charge in [-0.2, -0.15) is 0 Å². The van der Waals surface area contributed by atoms with Gasteiger partial charge in [0.1, 0.15) is 11.9 Å². The smallest absolute Gasteiger partial charge is 0.305 e. The van der Waals surface area contributed by atoms with Crippen molar-refractivity contribution in [2.45, 2.75) is 37.8 Å². The lowest BCUT2D eigenvalue weighted by atomic mass is 10.0. The van der Waals surface area contributed by atoms with Gasteiger partial charge in [0.25, 0.3) is 0 Å². The number of benzene rings is 2. The van der Waals surface area contributed by atoms with E-state index in [0.717, 1.165) is 11.1 Å². The SMILES string of the molecule is N=C(N)c1ccc(C2=NOC(CC(=O)N[C@@H](CC(=O)O)Cc3ccccc3)C2)cc1. The van der Waals surface area contributed by atoms with Gasteiger partial charge in [-0.1, -0.05) is 59.8 Å². The van der Waals surface area contributed by atoms with Gasteiger partial charge in [0.05, 0.1) is 18.6 Å². The Labute approximate surface area is 174 Å². The molecular formula is C22H24N4O4. The molecule has 0 aromatic heterocycles. The summed E-state index contributed by atoms with van der Waals surface area (Å²) in [4.78, 5) is 29.0. The molecule has 2 aromatic rings. The van der Waals surface area contributed by atoms with Crippen molar-refractivity contribution >= 4 is 23.4 Å². The van der Waals surface area contributed by atoms with Crippen LogP contribution in [0.5, 0.6) is 0 Å². The number of carbonyl (C=O) groups is 2. The molecule has 1 aliphatic rings. The maximum Gasteiger partial charge on any atom is 0.305 e. The van der Waals surface area contributed by atoms with Crippen molar-refractivity contribution in [1.29, 1.82) is 5.41 Å². The Morgan fingerprint density at radius 1 is 1.20 bits per heavy atom. The number of nitrogens with zero attached hydrogens (tertiary/aromatic N) is 1. The number of hydrogen-bond acceptors (Lipinski definition) is 5. The molecule has 0 aliphatic carbocycles. The van der Waals surface area contributed by atoms with Crippen molar-refractivity contribution < 1.29 is 19.5 Å². The first-order valence-corrected chi connectivity index (χ1v) is 9.63. The number of amidine groups is 1. The van der Waals surface area contributed by atoms with Crippen molar-refractivity contribution in [2.75, 3.05) is 0 Å². The number of rotatable bonds is 9. The third kappa shape index (κ3) is 5.91. The average molecular weight is 408 g/mol. The molecule has 0 radical (unpaired) electrons. The molecule has 5 N–H and O–H groups in total. The van der Waals surface area contributed by atoms with Crippen LogP contribution in [-0.2, 0) is 20.8 Å². The van der Waals surface area contributed by atoms with Crippen molar-refractivity contribution in [1.82, 2.24) is 5.32 Å². The predicted octanol–water partition coefficient (Wildman–Crippen LogP) is 2.06. The lowest BCUT2D eigenvalue weighted by Crippen LogP contribution is -2.39. The molecule has 0 saturated heterocycles. The number of oxime groups is 1. The average Bonchev–Trinajstić information content (AvgIpc) is 3.16. The molecular weight excluding hydrogens is 384 g/mol. The van der Waals surface area contributed by atoms with Crippen LogP contribution in [0.15, 0.2) is 59.8 Å². The summed E-state index contributed by atoms with van der Waals surface area (Å²) in [6.45, 7) is 0. The number of aliphatic carboxylic acids is 1. The molecule has 1 amide bonds. The Bertz CT molecular complexity index is 941. The van der Waals surface area contributed by atoms with E-state index in [1.165, 1.54) is 0 Å². The maximum atomic E-state index is 12.5. The lowest BCUT2D eigenvalue weighted by molar-refractivity contribution is -0.137. The summed E-state index contributed by atoms with van der Waals surface area (Å²) in [6, 6.07) is 16.0. The molecule has 2 atom stereocenters. The van der Waals surface area contributed by atoms with E-state index in [0.29, 0.717) is 24.1 Å². The fraction of sp³-hybridized carbons (Fsp3) is 0.273. The fourth-order valence-corrected chi connectivity index (χ4v) is 3.33. The normalized spacial score (nSPS) is 16.3. The number of hydrogen-bond donors (Lipinski definition) is 4. The molecule has 2 aromatic carbocycles. The topological polar surface area (TPSA) is 138 Å². The van der Waals surface area contributed by atoms with Gasteiger partial charge < -0.3 is 21.0 Å². The summed E-state index contributed by atoms with van der Waals surface area (Å²) in [5.74, 6) is -1.24. The Morgan fingerprint density at radius 2 is 1.90 bits per heavy atom. The minimum absolute atomic E-state index is 0.00729. The maximum absolute atomic E-state index is 12.5. The molecule has 1 heterocycles. The molecule has 8 heteroatoms. The fourth-order valence-electron chi connectivity index (χ4n) is 3.33. The molecule has 1 unspecified atom stereocenters. The highest BCUT2D eigenvalue weighted by molar-refractivity contribution is 6.02. The molecule has 0 fully saturated rings. The quantitative estimate of drug-likeness (QED) is 0.372. The lowest BCUT2D eigenvalue weighted by Gasteiger charge is -2.18. The second-order valence-corrected chi connectivity index (χ2v) is 7.22. The first kappa shape index (κ1) is 21.0. The zero-order valence-electron chi connectivity index (χ0n) is 16.4. The van der Waals surface area contributed by atoms with Gasteiger partial charge in [-0.05, 0) is 17.5 Å². The van der Waals surface area contributed by atoms with E-state index in [4.69, 9.17) is 21.1 Å². The Morgan fingerprint density at radius 3 is 2.53 bits per heavy atom. The van der Waals surface area contributed by atoms with Gasteiger partial charge in [-0.15, -0.1) is 0 Å². The molecule has 0 spiro atoms. The van der Waals surface area contributed by atoms with Crippen LogP contribution in [-0.4, -0.2) is 40.7 Å². The largest absolute Gasteiger partial charge is 0.481 e. The first-order valence-electron chi connectivity index (χ1n) is 9.63. The number of carboxylic acid groups (broad SMARTS) is 1. The van der Waals surface area contributed by atoms with Gasteiger partial charge in [-0.25, -0.2) is 0 Å². The van der Waals surface area contributed by atoms with Crippen LogP contribution in [0.3, 0.4) is 0 Å². The van der Waals surface area contributed by atoms with Crippen molar-refractivity contribution in [3.63, 3.8) is 0 Å². The second-order valence-electron chi connectivity index (χ2n) is 7.22. The number of nitrogen functional groups attached to an aromatic ring is 1. The van der Waals surface area contributed by atoms with E-state index < -0.39 is 18.1 Å². The zero-order valence-corrected chi connectivity index (χ0v) is 16.4. The molecule has 0 bridgehead atoms. The van der Waals surface area contributed by atoms with Crippen LogP contribution in [0, 0.1) is 5.41 Å². The number of amides is 1. The van der Waals surface area contributed by atoms with Crippen LogP contribution in [0.4, 0.5) is 0 Å². The molecule has 3 rings (SSSR count). The summed E-state index contributed by atoms with van der Waals surface area (Å²) >= 11 is 0. The summed E-state index contributed by atoms with van der Waals surface area (Å²) in [5.41, 5.74) is 8.60. The standard InChI is InChI=1S/C22H24N4O4/c23-22(24)16-8-6-15(7-9-16)19-12-18(30-26-19)13-20(27)25-17(11-21(28)29)10-14-4-2-1-3-5-14/h1-9,17-18H,10-13H2,(H3,23,24)(H,25,27)(H,28,29)/t17-,18?/m1/s1. The number of carbonyl (C=O) groups excluding carboxylic acids is 1. The molecule has 0 saturated carbocycles. The van der Waals surface area contributed by atoms with Crippen LogP contribution >= 0.6 is 0 Å². The first-order chi connectivity index (χ1) is 14.4. The second kappa shape index (κ2) is 9.69. The Hall–Kier alpha value is -3.68. The van der Waals surface area contributed by atoms with Crippen molar-refractivity contribution in [2.24, 2.45) is 10.9 Å². The summed E-state index contributed by atoms with van der Waals surface area (Å²) < 4.78 is 0. The van der Waals surface area contributed by atoms with E-state index in [1.54, 1.807) is 12.1 Å². The van der Waals surface area contributed by atoms with E-state index in [1.807, 2.05) is 42.5 Å². The van der Waals surface area contributed by atoms with Crippen LogP contribution < -0.4 is 11.1 Å². The minimum Gasteiger partial charge on any atom is -0.481 e. The monoisotopic (exact) mass is 408 g/mol. The zero-order chi connectivity index (χ0) is 21.5. The van der Waals surface area contributed by atoms with Crippen molar-refractivity contribution in [3.8, 4) is 0 Å². The van der Waals surface area contributed by atoms with Crippen LogP contribution in [0.2, 0.25) is 0 Å². The molecule has 30 heavy (non-hydrogen) atoms. The van der Waals surface area contributed by atoms with Crippen LogP contribution in [0.1, 0.15) is 36.0 Å². The molecule has 8 nitrogen and oxygen atoms in total. The Balaban J connectivity index is 1.53. The highest BCUT2D eigenvalue weighted by Gasteiger charge is 2.26. The molecule has 156 valence electrons. The van der Waals surface area contributed by atoms with Gasteiger partial charge in [0.2, 0.25) is 5.91 Å². The summed E-state index contributed by atoms with van der Waals surface area (Å²) in [7, 11) is 0. The highest BCUT2D eigenvalue weighted by Crippen LogP contribution is 2.19. The van der Waals surface area contributed by atoms with E-state index in [9.17, 15) is 9.59 Å². The number of nitrogens with one attached hydrogen (secondary N) is 2. The van der Waals surface area contributed by atoms with Gasteiger partial charge in [0, 0.05) is 18.0 Å². The van der Waals surface area contributed by atoms with Crippen molar-refractivity contribution in [3.05, 3.63) is 71.3 Å². The van der Waals surface area contributed by atoms with E-state index in [2.05, 4.69) is 10.5 Å². The van der Waals surface area contributed by atoms with Gasteiger partial charge in [-0.3, -0.25) is 15.0 Å². The van der Waals surface area contributed by atoms with E-state index in [-0.39, 0.29) is 24.6 Å². The Kier molecular flexibility index (Phi) is 6.79. The van der Waals surface area contributed by atoms with Crippen LogP contribution in [0.25, 0.3) is 0 Å². The summed E-state index contributed by atoms with van der Waals surface area (Å²) in [5, 5.41) is 23.5. The number of nitrogens with two attached hydrogens (primary N) is 1.